The zero-order valence-electron chi connectivity index (χ0n) is 15.5. The van der Waals surface area contributed by atoms with E-state index in [-0.39, 0.29) is 5.92 Å². The van der Waals surface area contributed by atoms with Gasteiger partial charge < -0.3 is 19.9 Å². The summed E-state index contributed by atoms with van der Waals surface area (Å²) < 4.78 is 11.2. The second-order valence-corrected chi connectivity index (χ2v) is 7.31. The molecular weight excluding hydrogens is 389 g/mol. The minimum atomic E-state index is -0.885. The highest BCUT2D eigenvalue weighted by Gasteiger charge is 2.21. The molecular formula is C20H23Cl2NO4. The van der Waals surface area contributed by atoms with Crippen LogP contribution in [-0.2, 0) is 17.9 Å². The van der Waals surface area contributed by atoms with Crippen molar-refractivity contribution in [3.05, 3.63) is 57.6 Å². The van der Waals surface area contributed by atoms with Crippen molar-refractivity contribution in [2.45, 2.75) is 33.0 Å². The quantitative estimate of drug-likeness (QED) is 0.621. The van der Waals surface area contributed by atoms with Gasteiger partial charge >= 0.3 is 5.97 Å². The highest BCUT2D eigenvalue weighted by atomic mass is 35.5. The lowest BCUT2D eigenvalue weighted by Gasteiger charge is -2.19. The van der Waals surface area contributed by atoms with Crippen molar-refractivity contribution in [3.63, 3.8) is 0 Å². The maximum absolute atomic E-state index is 11.3. The van der Waals surface area contributed by atoms with Crippen LogP contribution in [-0.4, -0.2) is 24.2 Å². The van der Waals surface area contributed by atoms with Crippen LogP contribution in [0.3, 0.4) is 0 Å². The number of benzene rings is 2. The number of rotatable bonds is 9. The lowest BCUT2D eigenvalue weighted by atomic mass is 10.0. The molecule has 1 atom stereocenters. The van der Waals surface area contributed by atoms with Gasteiger partial charge in [-0.2, -0.15) is 0 Å². The topological polar surface area (TPSA) is 67.8 Å². The van der Waals surface area contributed by atoms with Crippen molar-refractivity contribution >= 4 is 29.2 Å². The maximum atomic E-state index is 11.3. The molecule has 1 unspecified atom stereocenters. The molecule has 27 heavy (non-hydrogen) atoms. The number of nitrogens with one attached hydrogen (secondary N) is 1. The minimum absolute atomic E-state index is 0.0415. The van der Waals surface area contributed by atoms with Crippen LogP contribution in [0.25, 0.3) is 0 Å². The number of methoxy groups -OCH3 is 1. The molecule has 0 bridgehead atoms. The Morgan fingerprint density at radius 2 is 1.93 bits per heavy atom. The predicted octanol–water partition coefficient (Wildman–Crippen LogP) is 4.78. The average molecular weight is 412 g/mol. The number of halogens is 2. The van der Waals surface area contributed by atoms with E-state index in [0.29, 0.717) is 34.7 Å². The van der Waals surface area contributed by atoms with Crippen molar-refractivity contribution in [2.75, 3.05) is 7.11 Å². The molecule has 2 aromatic rings. The molecule has 0 spiro atoms. The highest BCUT2D eigenvalue weighted by Crippen LogP contribution is 2.37. The van der Waals surface area contributed by atoms with E-state index in [9.17, 15) is 9.90 Å². The number of carboxylic acid groups (broad SMARTS) is 1. The SMILES string of the molecule is COc1cc(CNC(C(=O)O)C(C)C)cc(Cl)c1OCc1cccc(Cl)c1. The smallest absolute Gasteiger partial charge is 0.320 e. The summed E-state index contributed by atoms with van der Waals surface area (Å²) in [5, 5.41) is 13.3. The van der Waals surface area contributed by atoms with Crippen LogP contribution in [0.15, 0.2) is 36.4 Å². The lowest BCUT2D eigenvalue weighted by molar-refractivity contribution is -0.140. The molecule has 0 heterocycles. The Labute approximate surface area is 169 Å². The molecule has 2 rings (SSSR count). The van der Waals surface area contributed by atoms with Crippen molar-refractivity contribution in [1.29, 1.82) is 0 Å². The molecule has 0 fully saturated rings. The monoisotopic (exact) mass is 411 g/mol. The zero-order valence-corrected chi connectivity index (χ0v) is 17.0. The van der Waals surface area contributed by atoms with E-state index in [4.69, 9.17) is 32.7 Å². The van der Waals surface area contributed by atoms with Crippen LogP contribution in [0.1, 0.15) is 25.0 Å². The normalized spacial score (nSPS) is 12.1. The van der Waals surface area contributed by atoms with Gasteiger partial charge in [-0.25, -0.2) is 0 Å². The fourth-order valence-electron chi connectivity index (χ4n) is 2.63. The third kappa shape index (κ3) is 6.03. The molecule has 0 radical (unpaired) electrons. The molecule has 5 nitrogen and oxygen atoms in total. The molecule has 2 N–H and O–H groups in total. The summed E-state index contributed by atoms with van der Waals surface area (Å²) in [5.41, 5.74) is 1.71. The predicted molar refractivity (Wildman–Crippen MR) is 107 cm³/mol. The molecule has 7 heteroatoms. The van der Waals surface area contributed by atoms with Gasteiger partial charge in [0.1, 0.15) is 12.6 Å². The molecule has 0 aromatic heterocycles. The van der Waals surface area contributed by atoms with Crippen molar-refractivity contribution in [3.8, 4) is 11.5 Å². The first kappa shape index (κ1) is 21.4. The van der Waals surface area contributed by atoms with Crippen LogP contribution >= 0.6 is 23.2 Å². The van der Waals surface area contributed by atoms with Gasteiger partial charge in [0.05, 0.1) is 12.1 Å². The van der Waals surface area contributed by atoms with Gasteiger partial charge in [-0.1, -0.05) is 49.2 Å². The summed E-state index contributed by atoms with van der Waals surface area (Å²) in [6, 6.07) is 10.2. The van der Waals surface area contributed by atoms with Crippen LogP contribution in [0.4, 0.5) is 0 Å². The summed E-state index contributed by atoms with van der Waals surface area (Å²) in [5.74, 6) is -0.0102. The Balaban J connectivity index is 2.13. The Bertz CT molecular complexity index is 796. The van der Waals surface area contributed by atoms with Gasteiger partial charge in [-0.3, -0.25) is 4.79 Å². The van der Waals surface area contributed by atoms with Crippen LogP contribution in [0.2, 0.25) is 10.0 Å². The van der Waals surface area contributed by atoms with E-state index in [2.05, 4.69) is 5.32 Å². The molecule has 0 amide bonds. The standard InChI is InChI=1S/C20H23Cl2NO4/c1-12(2)18(20(24)25)23-10-14-8-16(22)19(17(9-14)26-3)27-11-13-5-4-6-15(21)7-13/h4-9,12,18,23H,10-11H2,1-3H3,(H,24,25). The fourth-order valence-corrected chi connectivity index (χ4v) is 3.13. The van der Waals surface area contributed by atoms with E-state index < -0.39 is 12.0 Å². The first-order valence-electron chi connectivity index (χ1n) is 8.51. The van der Waals surface area contributed by atoms with Gasteiger partial charge in [0, 0.05) is 11.6 Å². The lowest BCUT2D eigenvalue weighted by Crippen LogP contribution is -2.40. The second-order valence-electron chi connectivity index (χ2n) is 6.47. The minimum Gasteiger partial charge on any atom is -0.493 e. The zero-order chi connectivity index (χ0) is 20.0. The summed E-state index contributed by atoms with van der Waals surface area (Å²) >= 11 is 12.4. The van der Waals surface area contributed by atoms with Crippen LogP contribution in [0.5, 0.6) is 11.5 Å². The van der Waals surface area contributed by atoms with Crippen LogP contribution < -0.4 is 14.8 Å². The number of aliphatic carboxylic acids is 1. The van der Waals surface area contributed by atoms with Crippen molar-refractivity contribution in [1.82, 2.24) is 5.32 Å². The number of carboxylic acids is 1. The van der Waals surface area contributed by atoms with E-state index in [0.717, 1.165) is 11.1 Å². The Morgan fingerprint density at radius 1 is 1.19 bits per heavy atom. The fraction of sp³-hybridized carbons (Fsp3) is 0.350. The molecule has 0 aliphatic rings. The van der Waals surface area contributed by atoms with Gasteiger partial charge in [-0.15, -0.1) is 0 Å². The third-order valence-electron chi connectivity index (χ3n) is 4.02. The van der Waals surface area contributed by atoms with E-state index in [1.54, 1.807) is 18.2 Å². The molecule has 0 saturated carbocycles. The number of hydrogen-bond donors (Lipinski definition) is 2. The van der Waals surface area contributed by atoms with Crippen LogP contribution in [0, 0.1) is 5.92 Å². The number of carbonyl (C=O) groups is 1. The summed E-state index contributed by atoms with van der Waals surface area (Å²) in [7, 11) is 1.53. The van der Waals surface area contributed by atoms with Crippen molar-refractivity contribution in [2.24, 2.45) is 5.92 Å². The molecule has 2 aromatic carbocycles. The van der Waals surface area contributed by atoms with Gasteiger partial charge in [0.15, 0.2) is 11.5 Å². The summed E-state index contributed by atoms with van der Waals surface area (Å²) in [6.07, 6.45) is 0. The first-order chi connectivity index (χ1) is 12.8. The first-order valence-corrected chi connectivity index (χ1v) is 9.27. The third-order valence-corrected chi connectivity index (χ3v) is 4.54. The van der Waals surface area contributed by atoms with E-state index in [1.807, 2.05) is 32.0 Å². The van der Waals surface area contributed by atoms with Crippen molar-refractivity contribution < 1.29 is 19.4 Å². The van der Waals surface area contributed by atoms with Gasteiger partial charge in [0.2, 0.25) is 0 Å². The summed E-state index contributed by atoms with van der Waals surface area (Å²) in [4.78, 5) is 11.3. The molecule has 0 aliphatic heterocycles. The van der Waals surface area contributed by atoms with Gasteiger partial charge in [-0.05, 0) is 41.3 Å². The Hall–Kier alpha value is -1.95. The number of hydrogen-bond acceptors (Lipinski definition) is 4. The maximum Gasteiger partial charge on any atom is 0.320 e. The van der Waals surface area contributed by atoms with E-state index >= 15 is 0 Å². The molecule has 0 aliphatic carbocycles. The number of ether oxygens (including phenoxy) is 2. The molecule has 0 saturated heterocycles. The average Bonchev–Trinajstić information content (AvgIpc) is 2.60. The van der Waals surface area contributed by atoms with E-state index in [1.165, 1.54) is 7.11 Å². The largest absolute Gasteiger partial charge is 0.493 e. The molecule has 146 valence electrons. The summed E-state index contributed by atoms with van der Waals surface area (Å²) in [6.45, 7) is 4.35. The Kier molecular flexibility index (Phi) is 7.78. The van der Waals surface area contributed by atoms with Gasteiger partial charge in [0.25, 0.3) is 0 Å². The second kappa shape index (κ2) is 9.83. The Morgan fingerprint density at radius 3 is 2.52 bits per heavy atom. The highest BCUT2D eigenvalue weighted by molar-refractivity contribution is 6.32.